The van der Waals surface area contributed by atoms with E-state index >= 15 is 0 Å². The summed E-state index contributed by atoms with van der Waals surface area (Å²) in [5.74, 6) is -0.474. The Hall–Kier alpha value is -2.98. The number of aliphatic imine (C=N–C) groups is 1. The van der Waals surface area contributed by atoms with Gasteiger partial charge in [0, 0.05) is 10.9 Å². The van der Waals surface area contributed by atoms with Crippen LogP contribution in [0.4, 0.5) is 5.69 Å². The lowest BCUT2D eigenvalue weighted by molar-refractivity contribution is 0.104. The number of carbonyl (C=O) groups excluding carboxylic acids is 1. The summed E-state index contributed by atoms with van der Waals surface area (Å²) in [4.78, 5) is 16.7. The average molecular weight is 290 g/mol. The molecule has 0 unspecified atom stereocenters. The van der Waals surface area contributed by atoms with Gasteiger partial charge in [0.15, 0.2) is 5.84 Å². The number of ketones is 1. The summed E-state index contributed by atoms with van der Waals surface area (Å²) in [6.07, 6.45) is 0. The molecule has 4 nitrogen and oxygen atoms in total. The summed E-state index contributed by atoms with van der Waals surface area (Å²) < 4.78 is 0. The van der Waals surface area contributed by atoms with E-state index in [1.807, 2.05) is 47.9 Å². The smallest absolute Gasteiger partial charge is 0.230 e. The molecule has 0 saturated carbocycles. The second-order valence-corrected chi connectivity index (χ2v) is 4.77. The van der Waals surface area contributed by atoms with E-state index in [9.17, 15) is 10.0 Å². The molecular formula is C18H14N2O2. The zero-order valence-corrected chi connectivity index (χ0v) is 11.7. The largest absolute Gasteiger partial charge is 0.290 e. The van der Waals surface area contributed by atoms with Crippen LogP contribution in [0.5, 0.6) is 0 Å². The Morgan fingerprint density at radius 1 is 0.864 bits per heavy atom. The van der Waals surface area contributed by atoms with Gasteiger partial charge in [0.2, 0.25) is 5.78 Å². The third kappa shape index (κ3) is 2.73. The molecule has 0 spiro atoms. The predicted molar refractivity (Wildman–Crippen MR) is 86.7 cm³/mol. The molecule has 0 radical (unpaired) electrons. The number of nitrogens with zero attached hydrogens (tertiary/aromatic N) is 1. The van der Waals surface area contributed by atoms with Crippen molar-refractivity contribution >= 4 is 28.1 Å². The maximum atomic E-state index is 12.4. The lowest BCUT2D eigenvalue weighted by Gasteiger charge is -2.06. The fourth-order valence-electron chi connectivity index (χ4n) is 2.28. The van der Waals surface area contributed by atoms with Crippen LogP contribution in [-0.2, 0) is 0 Å². The fraction of sp³-hybridized carbons (Fsp3) is 0. The zero-order chi connectivity index (χ0) is 15.4. The minimum Gasteiger partial charge on any atom is -0.290 e. The van der Waals surface area contributed by atoms with E-state index in [0.717, 1.165) is 10.8 Å². The van der Waals surface area contributed by atoms with Crippen LogP contribution in [-0.4, -0.2) is 16.8 Å². The maximum Gasteiger partial charge on any atom is 0.230 e. The lowest BCUT2D eigenvalue weighted by Crippen LogP contribution is -2.28. The SMILES string of the molecule is O=C(C(=Nc1cccc2ccccc12)NO)c1ccccc1. The number of nitrogens with one attached hydrogen (secondary N) is 1. The van der Waals surface area contributed by atoms with Gasteiger partial charge in [0.05, 0.1) is 5.69 Å². The number of benzene rings is 3. The molecular weight excluding hydrogens is 276 g/mol. The van der Waals surface area contributed by atoms with Crippen molar-refractivity contribution in [3.05, 3.63) is 78.4 Å². The van der Waals surface area contributed by atoms with Crippen LogP contribution in [0.1, 0.15) is 10.4 Å². The van der Waals surface area contributed by atoms with Crippen molar-refractivity contribution in [3.8, 4) is 0 Å². The number of fused-ring (bicyclic) bond motifs is 1. The van der Waals surface area contributed by atoms with Gasteiger partial charge in [-0.3, -0.25) is 10.0 Å². The van der Waals surface area contributed by atoms with Crippen LogP contribution < -0.4 is 5.48 Å². The maximum absolute atomic E-state index is 12.4. The van der Waals surface area contributed by atoms with E-state index < -0.39 is 0 Å². The van der Waals surface area contributed by atoms with Crippen LogP contribution in [0.25, 0.3) is 10.8 Å². The Labute approximate surface area is 127 Å². The molecule has 0 aromatic heterocycles. The summed E-state index contributed by atoms with van der Waals surface area (Å²) in [6, 6.07) is 22.1. The minimum absolute atomic E-state index is 0.109. The number of rotatable bonds is 3. The monoisotopic (exact) mass is 290 g/mol. The van der Waals surface area contributed by atoms with Crippen molar-refractivity contribution < 1.29 is 10.0 Å². The number of carbonyl (C=O) groups is 1. The molecule has 0 heterocycles. The first-order chi connectivity index (χ1) is 10.8. The molecule has 22 heavy (non-hydrogen) atoms. The highest BCUT2D eigenvalue weighted by Crippen LogP contribution is 2.25. The predicted octanol–water partition coefficient (Wildman–Crippen LogP) is 3.73. The van der Waals surface area contributed by atoms with Crippen molar-refractivity contribution in [3.63, 3.8) is 0 Å². The summed E-state index contributed by atoms with van der Waals surface area (Å²) in [5, 5.41) is 11.2. The van der Waals surface area contributed by atoms with E-state index in [4.69, 9.17) is 0 Å². The second kappa shape index (κ2) is 6.20. The van der Waals surface area contributed by atoms with Crippen molar-refractivity contribution in [1.82, 2.24) is 5.48 Å². The molecule has 4 heteroatoms. The Balaban J connectivity index is 2.06. The summed E-state index contributed by atoms with van der Waals surface area (Å²) in [7, 11) is 0. The third-order valence-corrected chi connectivity index (χ3v) is 3.36. The topological polar surface area (TPSA) is 61.7 Å². The van der Waals surface area contributed by atoms with E-state index in [1.54, 1.807) is 30.3 Å². The Bertz CT molecular complexity index is 837. The standard InChI is InChI=1S/C18H14N2O2/c21-17(14-8-2-1-3-9-14)18(20-22)19-16-12-6-10-13-7-4-5-11-15(13)16/h1-12,22H,(H,19,20). The van der Waals surface area contributed by atoms with Gasteiger partial charge >= 0.3 is 0 Å². The van der Waals surface area contributed by atoms with Gasteiger partial charge in [0.25, 0.3) is 0 Å². The van der Waals surface area contributed by atoms with E-state index in [2.05, 4.69) is 4.99 Å². The van der Waals surface area contributed by atoms with Crippen LogP contribution in [0.3, 0.4) is 0 Å². The Kier molecular flexibility index (Phi) is 3.94. The van der Waals surface area contributed by atoms with Crippen molar-refractivity contribution in [2.75, 3.05) is 0 Å². The molecule has 3 aromatic rings. The van der Waals surface area contributed by atoms with Gasteiger partial charge in [-0.1, -0.05) is 66.7 Å². The highest BCUT2D eigenvalue weighted by Gasteiger charge is 2.13. The molecule has 3 aromatic carbocycles. The van der Waals surface area contributed by atoms with Crippen molar-refractivity contribution in [1.29, 1.82) is 0 Å². The molecule has 0 aliphatic carbocycles. The molecule has 0 aliphatic heterocycles. The Morgan fingerprint density at radius 2 is 1.55 bits per heavy atom. The molecule has 2 N–H and O–H groups in total. The Morgan fingerprint density at radius 3 is 2.32 bits per heavy atom. The molecule has 0 aliphatic rings. The first kappa shape index (κ1) is 14.0. The highest BCUT2D eigenvalue weighted by molar-refractivity contribution is 6.45. The van der Waals surface area contributed by atoms with Crippen molar-refractivity contribution in [2.45, 2.75) is 0 Å². The van der Waals surface area contributed by atoms with Gasteiger partial charge in [-0.15, -0.1) is 0 Å². The first-order valence-corrected chi connectivity index (χ1v) is 6.86. The molecule has 0 atom stereocenters. The summed E-state index contributed by atoms with van der Waals surface area (Å²) in [6.45, 7) is 0. The minimum atomic E-state index is -0.365. The van der Waals surface area contributed by atoms with Crippen LogP contribution >= 0.6 is 0 Å². The molecule has 108 valence electrons. The highest BCUT2D eigenvalue weighted by atomic mass is 16.5. The zero-order valence-electron chi connectivity index (χ0n) is 11.7. The quantitative estimate of drug-likeness (QED) is 0.334. The van der Waals surface area contributed by atoms with Gasteiger partial charge in [-0.2, -0.15) is 0 Å². The molecule has 0 bridgehead atoms. The fourth-order valence-corrected chi connectivity index (χ4v) is 2.28. The number of amidine groups is 1. The second-order valence-electron chi connectivity index (χ2n) is 4.77. The van der Waals surface area contributed by atoms with Gasteiger partial charge in [0.1, 0.15) is 0 Å². The van der Waals surface area contributed by atoms with Crippen LogP contribution in [0, 0.1) is 0 Å². The van der Waals surface area contributed by atoms with Crippen LogP contribution in [0.2, 0.25) is 0 Å². The molecule has 0 saturated heterocycles. The molecule has 0 amide bonds. The first-order valence-electron chi connectivity index (χ1n) is 6.86. The van der Waals surface area contributed by atoms with Gasteiger partial charge in [-0.25, -0.2) is 10.5 Å². The molecule has 3 rings (SSSR count). The van der Waals surface area contributed by atoms with E-state index in [-0.39, 0.29) is 11.6 Å². The van der Waals surface area contributed by atoms with Crippen LogP contribution in [0.15, 0.2) is 77.8 Å². The van der Waals surface area contributed by atoms with Gasteiger partial charge in [-0.05, 0) is 11.5 Å². The molecule has 0 fully saturated rings. The number of hydroxylamine groups is 1. The van der Waals surface area contributed by atoms with Crippen molar-refractivity contribution in [2.24, 2.45) is 4.99 Å². The summed E-state index contributed by atoms with van der Waals surface area (Å²) >= 11 is 0. The normalized spacial score (nSPS) is 11.4. The third-order valence-electron chi connectivity index (χ3n) is 3.36. The summed E-state index contributed by atoms with van der Waals surface area (Å²) in [5.41, 5.74) is 3.00. The van der Waals surface area contributed by atoms with Gasteiger partial charge < -0.3 is 0 Å². The number of Topliss-reactive ketones (excluding diaryl/α,β-unsaturated/α-hetero) is 1. The lowest BCUT2D eigenvalue weighted by atomic mass is 10.1. The average Bonchev–Trinajstić information content (AvgIpc) is 2.60. The van der Waals surface area contributed by atoms with E-state index in [0.29, 0.717) is 11.3 Å². The number of hydrogen-bond acceptors (Lipinski definition) is 3. The number of hydrogen-bond donors (Lipinski definition) is 2. The van der Waals surface area contributed by atoms with E-state index in [1.165, 1.54) is 0 Å².